The van der Waals surface area contributed by atoms with E-state index in [0.29, 0.717) is 12.2 Å². The second-order valence-electron chi connectivity index (χ2n) is 4.46. The monoisotopic (exact) mass is 280 g/mol. The largest absolute Gasteiger partial charge is 0.363 e. The summed E-state index contributed by atoms with van der Waals surface area (Å²) in [6.45, 7) is 0.477. The molecule has 21 heavy (non-hydrogen) atoms. The van der Waals surface area contributed by atoms with E-state index in [-0.39, 0.29) is 5.82 Å². The van der Waals surface area contributed by atoms with Crippen molar-refractivity contribution in [2.75, 3.05) is 5.32 Å². The summed E-state index contributed by atoms with van der Waals surface area (Å²) in [5.41, 5.74) is 2.02. The zero-order valence-corrected chi connectivity index (χ0v) is 11.2. The highest BCUT2D eigenvalue weighted by atomic mass is 19.1. The SMILES string of the molecule is Fc1c(NCc2ccncc2)ncnc1-c1ccccc1. The summed E-state index contributed by atoms with van der Waals surface area (Å²) in [7, 11) is 0. The maximum atomic E-state index is 14.5. The molecule has 5 heteroatoms. The van der Waals surface area contributed by atoms with Gasteiger partial charge in [-0.15, -0.1) is 0 Å². The summed E-state index contributed by atoms with van der Waals surface area (Å²) in [5, 5.41) is 2.99. The number of hydrogen-bond acceptors (Lipinski definition) is 4. The maximum Gasteiger partial charge on any atom is 0.191 e. The summed E-state index contributed by atoms with van der Waals surface area (Å²) >= 11 is 0. The first-order chi connectivity index (χ1) is 10.3. The summed E-state index contributed by atoms with van der Waals surface area (Å²) in [6, 6.07) is 12.9. The lowest BCUT2D eigenvalue weighted by Gasteiger charge is -2.09. The molecule has 1 aromatic carbocycles. The molecule has 0 amide bonds. The summed E-state index contributed by atoms with van der Waals surface area (Å²) in [6.07, 6.45) is 4.76. The quantitative estimate of drug-likeness (QED) is 0.796. The van der Waals surface area contributed by atoms with Gasteiger partial charge in [0.15, 0.2) is 11.6 Å². The third kappa shape index (κ3) is 3.02. The van der Waals surface area contributed by atoms with Gasteiger partial charge in [0.25, 0.3) is 0 Å². The molecule has 0 saturated heterocycles. The fourth-order valence-corrected chi connectivity index (χ4v) is 1.98. The third-order valence-electron chi connectivity index (χ3n) is 3.05. The van der Waals surface area contributed by atoms with Gasteiger partial charge in [-0.2, -0.15) is 0 Å². The number of benzene rings is 1. The van der Waals surface area contributed by atoms with Gasteiger partial charge in [-0.05, 0) is 17.7 Å². The Morgan fingerprint density at radius 3 is 2.48 bits per heavy atom. The summed E-state index contributed by atoms with van der Waals surface area (Å²) in [4.78, 5) is 11.9. The van der Waals surface area contributed by atoms with Crippen LogP contribution in [0.15, 0.2) is 61.2 Å². The third-order valence-corrected chi connectivity index (χ3v) is 3.05. The van der Waals surface area contributed by atoms with Gasteiger partial charge in [-0.3, -0.25) is 4.98 Å². The second-order valence-corrected chi connectivity index (χ2v) is 4.46. The van der Waals surface area contributed by atoms with Gasteiger partial charge in [-0.1, -0.05) is 30.3 Å². The highest BCUT2D eigenvalue weighted by Crippen LogP contribution is 2.23. The molecule has 3 rings (SSSR count). The average molecular weight is 280 g/mol. The van der Waals surface area contributed by atoms with Crippen LogP contribution in [0.4, 0.5) is 10.2 Å². The van der Waals surface area contributed by atoms with Crippen molar-refractivity contribution in [2.45, 2.75) is 6.54 Å². The molecule has 0 unspecified atom stereocenters. The standard InChI is InChI=1S/C16H13FN4/c17-14-15(13-4-2-1-3-5-13)20-11-21-16(14)19-10-12-6-8-18-9-7-12/h1-9,11H,10H2,(H,19,20,21). The van der Waals surface area contributed by atoms with Crippen molar-refractivity contribution in [3.05, 3.63) is 72.6 Å². The minimum atomic E-state index is -0.447. The normalized spacial score (nSPS) is 10.3. The molecule has 104 valence electrons. The van der Waals surface area contributed by atoms with Crippen LogP contribution >= 0.6 is 0 Å². The molecular formula is C16H13FN4. The zero-order chi connectivity index (χ0) is 14.5. The molecule has 0 aliphatic rings. The first-order valence-electron chi connectivity index (χ1n) is 6.53. The van der Waals surface area contributed by atoms with Gasteiger partial charge in [0, 0.05) is 24.5 Å². The molecule has 0 radical (unpaired) electrons. The predicted octanol–water partition coefficient (Wildman–Crippen LogP) is 3.29. The molecule has 0 aliphatic heterocycles. The molecular weight excluding hydrogens is 267 g/mol. The molecule has 0 saturated carbocycles. The Balaban J connectivity index is 1.84. The zero-order valence-electron chi connectivity index (χ0n) is 11.2. The smallest absolute Gasteiger partial charge is 0.191 e. The van der Waals surface area contributed by atoms with Crippen LogP contribution in [-0.4, -0.2) is 15.0 Å². The van der Waals surface area contributed by atoms with Gasteiger partial charge in [-0.25, -0.2) is 14.4 Å². The molecule has 2 aromatic heterocycles. The van der Waals surface area contributed by atoms with Crippen molar-refractivity contribution in [2.24, 2.45) is 0 Å². The molecule has 3 aromatic rings. The first-order valence-corrected chi connectivity index (χ1v) is 6.53. The van der Waals surface area contributed by atoms with E-state index < -0.39 is 5.82 Å². The number of anilines is 1. The van der Waals surface area contributed by atoms with E-state index in [9.17, 15) is 4.39 Å². The Bertz CT molecular complexity index is 717. The van der Waals surface area contributed by atoms with Crippen LogP contribution in [0.1, 0.15) is 5.56 Å². The van der Waals surface area contributed by atoms with Gasteiger partial charge in [0.1, 0.15) is 12.0 Å². The van der Waals surface area contributed by atoms with Crippen LogP contribution in [0.25, 0.3) is 11.3 Å². The van der Waals surface area contributed by atoms with Crippen molar-refractivity contribution in [1.82, 2.24) is 15.0 Å². The van der Waals surface area contributed by atoms with Crippen LogP contribution in [0.2, 0.25) is 0 Å². The molecule has 4 nitrogen and oxygen atoms in total. The topological polar surface area (TPSA) is 50.7 Å². The molecule has 0 aliphatic carbocycles. The van der Waals surface area contributed by atoms with Crippen molar-refractivity contribution in [3.63, 3.8) is 0 Å². The van der Waals surface area contributed by atoms with E-state index in [0.717, 1.165) is 11.1 Å². The van der Waals surface area contributed by atoms with Crippen molar-refractivity contribution in [3.8, 4) is 11.3 Å². The molecule has 0 spiro atoms. The van der Waals surface area contributed by atoms with Crippen LogP contribution in [0.3, 0.4) is 0 Å². The molecule has 0 atom stereocenters. The first kappa shape index (κ1) is 13.2. The van der Waals surface area contributed by atoms with Gasteiger partial charge < -0.3 is 5.32 Å². The maximum absolute atomic E-state index is 14.5. The van der Waals surface area contributed by atoms with Gasteiger partial charge in [0.2, 0.25) is 0 Å². The summed E-state index contributed by atoms with van der Waals surface area (Å²) in [5.74, 6) is -0.251. The number of aromatic nitrogens is 3. The Labute approximate surface area is 121 Å². The fourth-order valence-electron chi connectivity index (χ4n) is 1.98. The number of rotatable bonds is 4. The lowest BCUT2D eigenvalue weighted by Crippen LogP contribution is -2.05. The number of nitrogens with one attached hydrogen (secondary N) is 1. The van der Waals surface area contributed by atoms with E-state index in [4.69, 9.17) is 0 Å². The van der Waals surface area contributed by atoms with E-state index in [2.05, 4.69) is 20.3 Å². The Morgan fingerprint density at radius 1 is 0.952 bits per heavy atom. The number of pyridine rings is 1. The summed E-state index contributed by atoms with van der Waals surface area (Å²) < 4.78 is 14.5. The van der Waals surface area contributed by atoms with Crippen molar-refractivity contribution < 1.29 is 4.39 Å². The second kappa shape index (κ2) is 6.09. The van der Waals surface area contributed by atoms with E-state index in [1.807, 2.05) is 42.5 Å². The van der Waals surface area contributed by atoms with E-state index in [1.165, 1.54) is 6.33 Å². The van der Waals surface area contributed by atoms with Crippen LogP contribution in [0.5, 0.6) is 0 Å². The Morgan fingerprint density at radius 2 is 1.71 bits per heavy atom. The fraction of sp³-hybridized carbons (Fsp3) is 0.0625. The molecule has 2 heterocycles. The predicted molar refractivity (Wildman–Crippen MR) is 79.0 cm³/mol. The van der Waals surface area contributed by atoms with Gasteiger partial charge >= 0.3 is 0 Å². The van der Waals surface area contributed by atoms with E-state index >= 15 is 0 Å². The Hall–Kier alpha value is -2.82. The molecule has 1 N–H and O–H groups in total. The lowest BCUT2D eigenvalue weighted by atomic mass is 10.1. The van der Waals surface area contributed by atoms with E-state index in [1.54, 1.807) is 12.4 Å². The minimum Gasteiger partial charge on any atom is -0.363 e. The number of nitrogens with zero attached hydrogens (tertiary/aromatic N) is 3. The highest BCUT2D eigenvalue weighted by Gasteiger charge is 2.12. The van der Waals surface area contributed by atoms with Crippen LogP contribution < -0.4 is 5.32 Å². The number of hydrogen-bond donors (Lipinski definition) is 1. The highest BCUT2D eigenvalue weighted by molar-refractivity contribution is 5.63. The lowest BCUT2D eigenvalue weighted by molar-refractivity contribution is 0.621. The van der Waals surface area contributed by atoms with Crippen molar-refractivity contribution in [1.29, 1.82) is 0 Å². The van der Waals surface area contributed by atoms with Crippen LogP contribution in [0, 0.1) is 5.82 Å². The van der Waals surface area contributed by atoms with Crippen LogP contribution in [-0.2, 0) is 6.54 Å². The van der Waals surface area contributed by atoms with Gasteiger partial charge in [0.05, 0.1) is 0 Å². The number of halogens is 1. The average Bonchev–Trinajstić information content (AvgIpc) is 2.56. The minimum absolute atomic E-state index is 0.195. The van der Waals surface area contributed by atoms with Crippen molar-refractivity contribution >= 4 is 5.82 Å². The molecule has 0 bridgehead atoms. The Kier molecular flexibility index (Phi) is 3.82. The molecule has 0 fully saturated rings.